The van der Waals surface area contributed by atoms with Gasteiger partial charge in [-0.05, 0) is 24.9 Å². The van der Waals surface area contributed by atoms with Crippen LogP contribution < -0.4 is 0 Å². The van der Waals surface area contributed by atoms with E-state index in [9.17, 15) is 9.50 Å². The first-order valence-electron chi connectivity index (χ1n) is 6.35. The van der Waals surface area contributed by atoms with Gasteiger partial charge in [-0.3, -0.25) is 0 Å². The van der Waals surface area contributed by atoms with E-state index in [1.54, 1.807) is 18.2 Å². The molecule has 1 aliphatic rings. The molecule has 1 saturated heterocycles. The number of halogens is 1. The standard InChI is InChI=1S/C14H20FNO/c1-2-11-7-8-16(9-11)10-14(17)12-5-3-4-6-13(12)15/h3-6,11,14,17H,2,7-10H2,1H3. The molecule has 0 spiro atoms. The van der Waals surface area contributed by atoms with Gasteiger partial charge in [-0.1, -0.05) is 31.5 Å². The molecule has 0 radical (unpaired) electrons. The third-order valence-electron chi connectivity index (χ3n) is 3.64. The lowest BCUT2D eigenvalue weighted by atomic mass is 10.1. The minimum atomic E-state index is -0.716. The molecule has 1 heterocycles. The van der Waals surface area contributed by atoms with Crippen LogP contribution in [0.1, 0.15) is 31.4 Å². The van der Waals surface area contributed by atoms with E-state index in [0.29, 0.717) is 12.1 Å². The van der Waals surface area contributed by atoms with Crippen molar-refractivity contribution in [3.8, 4) is 0 Å². The van der Waals surface area contributed by atoms with Gasteiger partial charge in [0.1, 0.15) is 5.82 Å². The maximum atomic E-state index is 13.5. The summed E-state index contributed by atoms with van der Waals surface area (Å²) in [5.74, 6) is 0.425. The Labute approximate surface area is 102 Å². The summed E-state index contributed by atoms with van der Waals surface area (Å²) in [6, 6.07) is 6.47. The first-order chi connectivity index (χ1) is 8.20. The summed E-state index contributed by atoms with van der Waals surface area (Å²) >= 11 is 0. The average molecular weight is 237 g/mol. The Balaban J connectivity index is 1.94. The van der Waals surface area contributed by atoms with Crippen molar-refractivity contribution in [3.63, 3.8) is 0 Å². The summed E-state index contributed by atoms with van der Waals surface area (Å²) in [6.07, 6.45) is 1.67. The Morgan fingerprint density at radius 2 is 2.24 bits per heavy atom. The first-order valence-corrected chi connectivity index (χ1v) is 6.35. The molecule has 0 aliphatic carbocycles. The number of nitrogens with zero attached hydrogens (tertiary/aromatic N) is 1. The molecule has 94 valence electrons. The van der Waals surface area contributed by atoms with Gasteiger partial charge in [-0.25, -0.2) is 4.39 Å². The van der Waals surface area contributed by atoms with Gasteiger partial charge in [-0.15, -0.1) is 0 Å². The fourth-order valence-corrected chi connectivity index (χ4v) is 2.50. The zero-order valence-electron chi connectivity index (χ0n) is 10.3. The number of aliphatic hydroxyl groups excluding tert-OH is 1. The van der Waals surface area contributed by atoms with Crippen LogP contribution >= 0.6 is 0 Å². The van der Waals surface area contributed by atoms with Crippen molar-refractivity contribution < 1.29 is 9.50 Å². The van der Waals surface area contributed by atoms with Crippen molar-refractivity contribution in [2.45, 2.75) is 25.9 Å². The molecule has 3 heteroatoms. The molecule has 1 N–H and O–H groups in total. The second-order valence-corrected chi connectivity index (χ2v) is 4.86. The molecule has 17 heavy (non-hydrogen) atoms. The number of aliphatic hydroxyl groups is 1. The van der Waals surface area contributed by atoms with Crippen LogP contribution in [0.5, 0.6) is 0 Å². The highest BCUT2D eigenvalue weighted by atomic mass is 19.1. The third kappa shape index (κ3) is 3.05. The molecule has 0 saturated carbocycles. The van der Waals surface area contributed by atoms with E-state index in [1.807, 2.05) is 0 Å². The fourth-order valence-electron chi connectivity index (χ4n) is 2.50. The number of likely N-dealkylation sites (tertiary alicyclic amines) is 1. The van der Waals surface area contributed by atoms with Crippen molar-refractivity contribution in [3.05, 3.63) is 35.6 Å². The van der Waals surface area contributed by atoms with Crippen LogP contribution in [0.3, 0.4) is 0 Å². The van der Waals surface area contributed by atoms with Gasteiger partial charge < -0.3 is 10.0 Å². The van der Waals surface area contributed by atoms with Gasteiger partial charge >= 0.3 is 0 Å². The van der Waals surface area contributed by atoms with Crippen molar-refractivity contribution in [1.82, 2.24) is 4.90 Å². The Kier molecular flexibility index (Phi) is 4.13. The van der Waals surface area contributed by atoms with Crippen LogP contribution in [0.2, 0.25) is 0 Å². The summed E-state index contributed by atoms with van der Waals surface area (Å²) in [5.41, 5.74) is 0.410. The summed E-state index contributed by atoms with van der Waals surface area (Å²) in [6.45, 7) is 4.78. The second kappa shape index (κ2) is 5.61. The van der Waals surface area contributed by atoms with Crippen molar-refractivity contribution in [2.24, 2.45) is 5.92 Å². The normalized spacial score (nSPS) is 22.9. The molecule has 0 aromatic heterocycles. The maximum absolute atomic E-state index is 13.5. The monoisotopic (exact) mass is 237 g/mol. The van der Waals surface area contributed by atoms with Gasteiger partial charge in [0.25, 0.3) is 0 Å². The fraction of sp³-hybridized carbons (Fsp3) is 0.571. The van der Waals surface area contributed by atoms with Crippen molar-refractivity contribution in [2.75, 3.05) is 19.6 Å². The highest BCUT2D eigenvalue weighted by Crippen LogP contribution is 2.23. The number of hydrogen-bond donors (Lipinski definition) is 1. The van der Waals surface area contributed by atoms with E-state index in [2.05, 4.69) is 11.8 Å². The quantitative estimate of drug-likeness (QED) is 0.870. The predicted molar refractivity (Wildman–Crippen MR) is 66.2 cm³/mol. The zero-order valence-corrected chi connectivity index (χ0v) is 10.3. The number of benzene rings is 1. The SMILES string of the molecule is CCC1CCN(CC(O)c2ccccc2F)C1. The Hall–Kier alpha value is -0.930. The van der Waals surface area contributed by atoms with Crippen LogP contribution in [0.15, 0.2) is 24.3 Å². The molecule has 2 unspecified atom stereocenters. The van der Waals surface area contributed by atoms with Crippen LogP contribution in [0.25, 0.3) is 0 Å². The zero-order chi connectivity index (χ0) is 12.3. The molecule has 0 amide bonds. The smallest absolute Gasteiger partial charge is 0.129 e. The van der Waals surface area contributed by atoms with E-state index >= 15 is 0 Å². The lowest BCUT2D eigenvalue weighted by Gasteiger charge is -2.20. The van der Waals surface area contributed by atoms with Crippen LogP contribution in [-0.4, -0.2) is 29.6 Å². The molecule has 1 aromatic carbocycles. The second-order valence-electron chi connectivity index (χ2n) is 4.86. The van der Waals surface area contributed by atoms with Gasteiger partial charge in [0.15, 0.2) is 0 Å². The van der Waals surface area contributed by atoms with Gasteiger partial charge in [0.05, 0.1) is 6.10 Å². The van der Waals surface area contributed by atoms with E-state index in [0.717, 1.165) is 19.0 Å². The Morgan fingerprint density at radius 1 is 1.47 bits per heavy atom. The van der Waals surface area contributed by atoms with Crippen LogP contribution in [0, 0.1) is 11.7 Å². The maximum Gasteiger partial charge on any atom is 0.129 e. The van der Waals surface area contributed by atoms with Gasteiger partial charge in [0, 0.05) is 18.7 Å². The Bertz CT molecular complexity index is 369. The highest BCUT2D eigenvalue weighted by molar-refractivity contribution is 5.20. The van der Waals surface area contributed by atoms with Gasteiger partial charge in [0.2, 0.25) is 0 Å². The van der Waals surface area contributed by atoms with E-state index in [4.69, 9.17) is 0 Å². The molecule has 2 rings (SSSR count). The van der Waals surface area contributed by atoms with E-state index in [-0.39, 0.29) is 5.82 Å². The topological polar surface area (TPSA) is 23.5 Å². The molecule has 2 nitrogen and oxygen atoms in total. The molecule has 1 aliphatic heterocycles. The number of rotatable bonds is 4. The highest BCUT2D eigenvalue weighted by Gasteiger charge is 2.24. The largest absolute Gasteiger partial charge is 0.387 e. The third-order valence-corrected chi connectivity index (χ3v) is 3.64. The summed E-state index contributed by atoms with van der Waals surface area (Å²) in [7, 11) is 0. The predicted octanol–water partition coefficient (Wildman–Crippen LogP) is 2.59. The Morgan fingerprint density at radius 3 is 2.88 bits per heavy atom. The lowest BCUT2D eigenvalue weighted by Crippen LogP contribution is -2.26. The van der Waals surface area contributed by atoms with Crippen molar-refractivity contribution >= 4 is 0 Å². The molecule has 0 bridgehead atoms. The molecule has 2 atom stereocenters. The number of hydrogen-bond acceptors (Lipinski definition) is 2. The minimum Gasteiger partial charge on any atom is -0.387 e. The van der Waals surface area contributed by atoms with Gasteiger partial charge in [-0.2, -0.15) is 0 Å². The summed E-state index contributed by atoms with van der Waals surface area (Å²) < 4.78 is 13.5. The number of β-amino-alcohol motifs (C(OH)–C–C–N with tert-alkyl or cyclic N) is 1. The van der Waals surface area contributed by atoms with Crippen LogP contribution in [0.4, 0.5) is 4.39 Å². The summed E-state index contributed by atoms with van der Waals surface area (Å²) in [4.78, 5) is 2.23. The van der Waals surface area contributed by atoms with Crippen molar-refractivity contribution in [1.29, 1.82) is 0 Å². The minimum absolute atomic E-state index is 0.314. The first kappa shape index (κ1) is 12.5. The average Bonchev–Trinajstić information content (AvgIpc) is 2.77. The lowest BCUT2D eigenvalue weighted by molar-refractivity contribution is 0.120. The van der Waals surface area contributed by atoms with E-state index < -0.39 is 6.10 Å². The molecular formula is C14H20FNO. The summed E-state index contributed by atoms with van der Waals surface area (Å²) in [5, 5.41) is 10.0. The van der Waals surface area contributed by atoms with E-state index in [1.165, 1.54) is 18.9 Å². The molecule has 1 aromatic rings. The molecule has 1 fully saturated rings. The molecular weight excluding hydrogens is 217 g/mol. The van der Waals surface area contributed by atoms with Crippen LogP contribution in [-0.2, 0) is 0 Å².